The fraction of sp³-hybridized carbons (Fsp3) is 0.323. The Balaban J connectivity index is 1.62. The van der Waals surface area contributed by atoms with Gasteiger partial charge in [0, 0.05) is 18.9 Å². The maximum atomic E-state index is 13.2. The summed E-state index contributed by atoms with van der Waals surface area (Å²) in [6, 6.07) is 26.2. The summed E-state index contributed by atoms with van der Waals surface area (Å²) in [6.07, 6.45) is 2.45. The van der Waals surface area contributed by atoms with Crippen LogP contribution in [-0.2, 0) is 33.6 Å². The molecule has 0 saturated heterocycles. The van der Waals surface area contributed by atoms with Crippen LogP contribution in [0.5, 0.6) is 5.75 Å². The lowest BCUT2D eigenvalue weighted by Gasteiger charge is -2.22. The molecule has 3 N–H and O–H groups in total. The highest BCUT2D eigenvalue weighted by Crippen LogP contribution is 2.18. The van der Waals surface area contributed by atoms with Crippen LogP contribution in [0.3, 0.4) is 0 Å². The van der Waals surface area contributed by atoms with E-state index in [2.05, 4.69) is 10.6 Å². The number of carboxylic acids is 1. The zero-order valence-corrected chi connectivity index (χ0v) is 21.8. The lowest BCUT2D eigenvalue weighted by Crippen LogP contribution is -2.50. The van der Waals surface area contributed by atoms with Crippen LogP contribution in [0.1, 0.15) is 36.0 Å². The molecule has 7 heteroatoms. The van der Waals surface area contributed by atoms with Gasteiger partial charge in [-0.2, -0.15) is 0 Å². The predicted molar refractivity (Wildman–Crippen MR) is 147 cm³/mol. The van der Waals surface area contributed by atoms with Gasteiger partial charge in [0.25, 0.3) is 0 Å². The van der Waals surface area contributed by atoms with Crippen molar-refractivity contribution in [2.45, 2.75) is 44.6 Å². The van der Waals surface area contributed by atoms with E-state index in [1.807, 2.05) is 84.9 Å². The van der Waals surface area contributed by atoms with Gasteiger partial charge in [0.1, 0.15) is 11.8 Å². The van der Waals surface area contributed by atoms with Crippen molar-refractivity contribution < 1.29 is 24.2 Å². The van der Waals surface area contributed by atoms with Crippen molar-refractivity contribution in [3.8, 4) is 5.75 Å². The fourth-order valence-corrected chi connectivity index (χ4v) is 4.33. The number of amides is 2. The van der Waals surface area contributed by atoms with Crippen LogP contribution < -0.4 is 15.4 Å². The zero-order chi connectivity index (χ0) is 27.2. The molecule has 3 aromatic carbocycles. The Morgan fingerprint density at radius 2 is 1.39 bits per heavy atom. The molecule has 0 radical (unpaired) electrons. The highest BCUT2D eigenvalue weighted by Gasteiger charge is 2.27. The standard InChI is InChI=1S/C31H36N2O5/c1-38-27-17-15-24(16-18-27)13-8-14-26(22-29(34)35)30(36)33-28(21-25-11-6-3-7-12-25)31(37)32-20-19-23-9-4-2-5-10-23/h2-7,9-12,15-18,26,28H,8,13-14,19-22H2,1H3,(H,32,37)(H,33,36)(H,34,35)/t26-,28+/m1/s1. The quantitative estimate of drug-likeness (QED) is 0.281. The zero-order valence-electron chi connectivity index (χ0n) is 21.8. The van der Waals surface area contributed by atoms with E-state index in [0.29, 0.717) is 38.6 Å². The molecule has 2 atom stereocenters. The highest BCUT2D eigenvalue weighted by molar-refractivity contribution is 5.90. The third-order valence-electron chi connectivity index (χ3n) is 6.44. The summed E-state index contributed by atoms with van der Waals surface area (Å²) in [5.41, 5.74) is 3.10. The Labute approximate surface area is 224 Å². The van der Waals surface area contributed by atoms with E-state index in [0.717, 1.165) is 22.4 Å². The summed E-state index contributed by atoms with van der Waals surface area (Å²) < 4.78 is 5.18. The molecule has 3 rings (SSSR count). The van der Waals surface area contributed by atoms with E-state index >= 15 is 0 Å². The van der Waals surface area contributed by atoms with E-state index in [4.69, 9.17) is 4.74 Å². The molecule has 2 amide bonds. The van der Waals surface area contributed by atoms with Crippen molar-refractivity contribution in [3.05, 3.63) is 102 Å². The van der Waals surface area contributed by atoms with Crippen molar-refractivity contribution in [1.82, 2.24) is 10.6 Å². The molecule has 0 spiro atoms. The molecule has 7 nitrogen and oxygen atoms in total. The molecule has 0 aliphatic carbocycles. The van der Waals surface area contributed by atoms with Gasteiger partial charge in [0.15, 0.2) is 0 Å². The van der Waals surface area contributed by atoms with Gasteiger partial charge in [-0.15, -0.1) is 0 Å². The minimum atomic E-state index is -1.04. The first kappa shape index (κ1) is 28.4. The molecule has 200 valence electrons. The van der Waals surface area contributed by atoms with Gasteiger partial charge in [-0.3, -0.25) is 14.4 Å². The topological polar surface area (TPSA) is 105 Å². The first-order chi connectivity index (χ1) is 18.4. The van der Waals surface area contributed by atoms with Crippen LogP contribution in [0.15, 0.2) is 84.9 Å². The fourth-order valence-electron chi connectivity index (χ4n) is 4.33. The number of nitrogens with one attached hydrogen (secondary N) is 2. The normalized spacial score (nSPS) is 12.2. The summed E-state index contributed by atoms with van der Waals surface area (Å²) >= 11 is 0. The van der Waals surface area contributed by atoms with Crippen LogP contribution in [0.25, 0.3) is 0 Å². The Hall–Kier alpha value is -4.13. The van der Waals surface area contributed by atoms with Crippen LogP contribution in [0, 0.1) is 5.92 Å². The van der Waals surface area contributed by atoms with Gasteiger partial charge < -0.3 is 20.5 Å². The van der Waals surface area contributed by atoms with Gasteiger partial charge in [-0.25, -0.2) is 0 Å². The Morgan fingerprint density at radius 3 is 2.00 bits per heavy atom. The minimum absolute atomic E-state index is 0.287. The number of hydrogen-bond acceptors (Lipinski definition) is 4. The lowest BCUT2D eigenvalue weighted by molar-refractivity contribution is -0.141. The van der Waals surface area contributed by atoms with Crippen molar-refractivity contribution in [1.29, 1.82) is 0 Å². The Bertz CT molecular complexity index is 1150. The number of methoxy groups -OCH3 is 1. The molecular weight excluding hydrogens is 480 g/mol. The van der Waals surface area contributed by atoms with Crippen LogP contribution in [0.4, 0.5) is 0 Å². The number of benzene rings is 3. The molecule has 0 fully saturated rings. The van der Waals surface area contributed by atoms with Gasteiger partial charge in [0.2, 0.25) is 11.8 Å². The molecule has 3 aromatic rings. The molecule has 0 unspecified atom stereocenters. The third kappa shape index (κ3) is 9.73. The van der Waals surface area contributed by atoms with E-state index in [1.54, 1.807) is 7.11 Å². The largest absolute Gasteiger partial charge is 0.497 e. The SMILES string of the molecule is COc1ccc(CCC[C@H](CC(=O)O)C(=O)N[C@@H](Cc2ccccc2)C(=O)NCCc2ccccc2)cc1. The summed E-state index contributed by atoms with van der Waals surface area (Å²) in [7, 11) is 1.61. The molecule has 0 aliphatic rings. The Morgan fingerprint density at radius 1 is 0.789 bits per heavy atom. The van der Waals surface area contributed by atoms with Gasteiger partial charge in [-0.1, -0.05) is 72.8 Å². The summed E-state index contributed by atoms with van der Waals surface area (Å²) in [6.45, 7) is 0.435. The first-order valence-electron chi connectivity index (χ1n) is 12.9. The van der Waals surface area contributed by atoms with Crippen molar-refractivity contribution in [2.24, 2.45) is 5.92 Å². The van der Waals surface area contributed by atoms with E-state index in [-0.39, 0.29) is 12.3 Å². The summed E-state index contributed by atoms with van der Waals surface area (Å²) in [5.74, 6) is -1.71. The summed E-state index contributed by atoms with van der Waals surface area (Å²) in [4.78, 5) is 37.9. The number of rotatable bonds is 15. The molecular formula is C31H36N2O5. The molecule has 0 saturated carbocycles. The average molecular weight is 517 g/mol. The maximum Gasteiger partial charge on any atom is 0.304 e. The smallest absolute Gasteiger partial charge is 0.304 e. The Kier molecular flexibility index (Phi) is 11.4. The third-order valence-corrected chi connectivity index (χ3v) is 6.44. The van der Waals surface area contributed by atoms with E-state index < -0.39 is 23.8 Å². The average Bonchev–Trinajstić information content (AvgIpc) is 2.93. The number of carbonyl (C=O) groups excluding carboxylic acids is 2. The van der Waals surface area contributed by atoms with Crippen molar-refractivity contribution >= 4 is 17.8 Å². The predicted octanol–water partition coefficient (Wildman–Crippen LogP) is 4.20. The second-order valence-corrected chi connectivity index (χ2v) is 9.31. The van der Waals surface area contributed by atoms with Crippen molar-refractivity contribution in [2.75, 3.05) is 13.7 Å². The van der Waals surface area contributed by atoms with Crippen LogP contribution >= 0.6 is 0 Å². The van der Waals surface area contributed by atoms with Crippen LogP contribution in [0.2, 0.25) is 0 Å². The van der Waals surface area contributed by atoms with Crippen molar-refractivity contribution in [3.63, 3.8) is 0 Å². The van der Waals surface area contributed by atoms with Gasteiger partial charge in [0.05, 0.1) is 13.5 Å². The number of ether oxygens (including phenoxy) is 1. The van der Waals surface area contributed by atoms with E-state index in [9.17, 15) is 19.5 Å². The number of hydrogen-bond donors (Lipinski definition) is 3. The maximum absolute atomic E-state index is 13.2. The number of carboxylic acid groups (broad SMARTS) is 1. The molecule has 0 aromatic heterocycles. The lowest BCUT2D eigenvalue weighted by atomic mass is 9.94. The van der Waals surface area contributed by atoms with Gasteiger partial charge >= 0.3 is 5.97 Å². The summed E-state index contributed by atoms with van der Waals surface area (Å²) in [5, 5.41) is 15.2. The monoisotopic (exact) mass is 516 g/mol. The number of aliphatic carboxylic acids is 1. The second-order valence-electron chi connectivity index (χ2n) is 9.31. The first-order valence-corrected chi connectivity index (χ1v) is 12.9. The van der Waals surface area contributed by atoms with Gasteiger partial charge in [-0.05, 0) is 54.5 Å². The number of aryl methyl sites for hydroxylation is 1. The van der Waals surface area contributed by atoms with E-state index in [1.165, 1.54) is 0 Å². The highest BCUT2D eigenvalue weighted by atomic mass is 16.5. The molecule has 0 bridgehead atoms. The van der Waals surface area contributed by atoms with Crippen LogP contribution in [-0.4, -0.2) is 42.6 Å². The molecule has 38 heavy (non-hydrogen) atoms. The second kappa shape index (κ2) is 15.2. The molecule has 0 aliphatic heterocycles. The molecule has 0 heterocycles. The number of carbonyl (C=O) groups is 3. The minimum Gasteiger partial charge on any atom is -0.497 e.